The van der Waals surface area contributed by atoms with Gasteiger partial charge in [0.05, 0.1) is 0 Å². The highest BCUT2D eigenvalue weighted by Gasteiger charge is 2.45. The number of rotatable bonds is 1. The molecule has 1 aromatic rings. The maximum atomic E-state index is 5.97. The highest BCUT2D eigenvalue weighted by molar-refractivity contribution is 7.02. The van der Waals surface area contributed by atoms with Gasteiger partial charge in [-0.1, -0.05) is 0 Å². The Hall–Kier alpha value is -0.150. The number of nitrogens with zero attached hydrogens (tertiary/aromatic N) is 2. The van der Waals surface area contributed by atoms with Crippen molar-refractivity contribution in [2.45, 2.75) is 17.7 Å². The Morgan fingerprint density at radius 1 is 1.67 bits per heavy atom. The number of hydrogen-bond acceptors (Lipinski definition) is 3. The van der Waals surface area contributed by atoms with Crippen LogP contribution in [0.15, 0.2) is 0 Å². The molecule has 0 bridgehead atoms. The summed E-state index contributed by atoms with van der Waals surface area (Å²) in [6, 6.07) is 0. The van der Waals surface area contributed by atoms with Crippen LogP contribution in [0.2, 0.25) is 0 Å². The molecule has 1 aromatic heterocycles. The molecular formula is C5H4ClN2S. The van der Waals surface area contributed by atoms with Gasteiger partial charge in [0.1, 0.15) is 4.87 Å². The number of hydrogen-bond donors (Lipinski definition) is 0. The summed E-state index contributed by atoms with van der Waals surface area (Å²) in [4.78, 5) is 3.70. The van der Waals surface area contributed by atoms with Gasteiger partial charge in [0.15, 0.2) is 11.3 Å². The van der Waals surface area contributed by atoms with E-state index in [1.807, 2.05) is 0 Å². The summed E-state index contributed by atoms with van der Waals surface area (Å²) >= 11 is 7.21. The Bertz CT molecular complexity index is 205. The minimum atomic E-state index is -0.198. The van der Waals surface area contributed by atoms with E-state index in [1.54, 1.807) is 0 Å². The molecule has 2 rings (SSSR count). The molecule has 47 valence electrons. The summed E-state index contributed by atoms with van der Waals surface area (Å²) in [5, 5.41) is 0. The van der Waals surface area contributed by atoms with E-state index in [-0.39, 0.29) is 4.87 Å². The Labute approximate surface area is 62.0 Å². The van der Waals surface area contributed by atoms with Gasteiger partial charge in [0.25, 0.3) is 0 Å². The molecule has 0 atom stereocenters. The van der Waals surface area contributed by atoms with E-state index >= 15 is 0 Å². The van der Waals surface area contributed by atoms with E-state index in [9.17, 15) is 0 Å². The molecule has 9 heavy (non-hydrogen) atoms. The van der Waals surface area contributed by atoms with E-state index in [4.69, 9.17) is 11.6 Å². The fourth-order valence-corrected chi connectivity index (χ4v) is 1.36. The third-order valence-corrected chi connectivity index (χ3v) is 2.40. The molecule has 0 saturated heterocycles. The van der Waals surface area contributed by atoms with Gasteiger partial charge in [-0.3, -0.25) is 0 Å². The van der Waals surface area contributed by atoms with Gasteiger partial charge in [-0.2, -0.15) is 4.37 Å². The van der Waals surface area contributed by atoms with Crippen molar-refractivity contribution in [1.82, 2.24) is 9.36 Å². The van der Waals surface area contributed by atoms with Crippen LogP contribution < -0.4 is 0 Å². The molecule has 0 N–H and O–H groups in total. The molecule has 2 nitrogen and oxygen atoms in total. The third kappa shape index (κ3) is 0.843. The first-order valence-electron chi connectivity index (χ1n) is 2.70. The maximum Gasteiger partial charge on any atom is 0.174 e. The molecule has 1 fully saturated rings. The zero-order chi connectivity index (χ0) is 6.32. The molecule has 0 unspecified atom stereocenters. The van der Waals surface area contributed by atoms with Gasteiger partial charge in [0.2, 0.25) is 0 Å². The fraction of sp³-hybridized carbons (Fsp3) is 0.600. The van der Waals surface area contributed by atoms with Crippen LogP contribution in [-0.2, 0) is 4.87 Å². The Balaban J connectivity index is 2.34. The Morgan fingerprint density at radius 3 is 2.89 bits per heavy atom. The van der Waals surface area contributed by atoms with Crippen molar-refractivity contribution < 1.29 is 0 Å². The summed E-state index contributed by atoms with van der Waals surface area (Å²) in [5.74, 6) is 0.758. The predicted molar refractivity (Wildman–Crippen MR) is 35.5 cm³/mol. The van der Waals surface area contributed by atoms with Gasteiger partial charge in [-0.25, -0.2) is 4.98 Å². The second kappa shape index (κ2) is 1.67. The summed E-state index contributed by atoms with van der Waals surface area (Å²) in [7, 11) is 0. The Morgan fingerprint density at radius 2 is 2.44 bits per heavy atom. The predicted octanol–water partition coefficient (Wildman–Crippen LogP) is 1.57. The first-order chi connectivity index (χ1) is 4.31. The van der Waals surface area contributed by atoms with Gasteiger partial charge in [-0.15, -0.1) is 11.6 Å². The van der Waals surface area contributed by atoms with Crippen molar-refractivity contribution in [2.24, 2.45) is 0 Å². The maximum absolute atomic E-state index is 5.97. The molecule has 1 saturated carbocycles. The van der Waals surface area contributed by atoms with Crippen LogP contribution in [-0.4, -0.2) is 9.36 Å². The lowest BCUT2D eigenvalue weighted by Gasteiger charge is -1.94. The molecule has 0 amide bonds. The van der Waals surface area contributed by atoms with Crippen LogP contribution in [0.4, 0.5) is 0 Å². The second-order valence-electron chi connectivity index (χ2n) is 2.17. The Kier molecular flexibility index (Phi) is 1.04. The van der Waals surface area contributed by atoms with Crippen molar-refractivity contribution in [3.63, 3.8) is 0 Å². The molecule has 1 heterocycles. The largest absolute Gasteiger partial charge is 0.215 e. The van der Waals surface area contributed by atoms with E-state index in [2.05, 4.69) is 14.9 Å². The minimum Gasteiger partial charge on any atom is -0.215 e. The minimum absolute atomic E-state index is 0.198. The third-order valence-electron chi connectivity index (χ3n) is 1.41. The number of alkyl halides is 1. The van der Waals surface area contributed by atoms with Crippen LogP contribution in [0.1, 0.15) is 18.7 Å². The molecule has 4 heteroatoms. The first-order valence-corrected chi connectivity index (χ1v) is 3.85. The molecule has 0 aliphatic heterocycles. The van der Waals surface area contributed by atoms with Crippen molar-refractivity contribution in [1.29, 1.82) is 0 Å². The summed E-state index contributed by atoms with van der Waals surface area (Å²) in [6.07, 6.45) is 2.03. The fourth-order valence-electron chi connectivity index (χ4n) is 0.663. The summed E-state index contributed by atoms with van der Waals surface area (Å²) in [5.41, 5.74) is 2.67. The molecular weight excluding hydrogens is 156 g/mol. The van der Waals surface area contributed by atoms with Crippen LogP contribution in [0.3, 0.4) is 0 Å². The van der Waals surface area contributed by atoms with Gasteiger partial charge >= 0.3 is 0 Å². The molecule has 1 radical (unpaired) electrons. The highest BCUT2D eigenvalue weighted by atomic mass is 35.5. The number of halogens is 1. The zero-order valence-corrected chi connectivity index (χ0v) is 6.17. The zero-order valence-electron chi connectivity index (χ0n) is 4.59. The van der Waals surface area contributed by atoms with E-state index in [0.717, 1.165) is 18.7 Å². The lowest BCUT2D eigenvalue weighted by Crippen LogP contribution is -1.97. The lowest BCUT2D eigenvalue weighted by molar-refractivity contribution is 0.903. The van der Waals surface area contributed by atoms with Gasteiger partial charge < -0.3 is 0 Å². The lowest BCUT2D eigenvalue weighted by atomic mass is 10.4. The number of aromatic nitrogens is 2. The van der Waals surface area contributed by atoms with E-state index in [0.29, 0.717) is 0 Å². The smallest absolute Gasteiger partial charge is 0.174 e. The normalized spacial score (nSPS) is 21.9. The van der Waals surface area contributed by atoms with Gasteiger partial charge in [0, 0.05) is 0 Å². The quantitative estimate of drug-likeness (QED) is 0.582. The standard InChI is InChI=1S/C5H4ClN2S/c6-5(1-2-5)4-7-3-9-8-4/h1-2H2. The summed E-state index contributed by atoms with van der Waals surface area (Å²) in [6.45, 7) is 0. The van der Waals surface area contributed by atoms with Crippen molar-refractivity contribution in [2.75, 3.05) is 0 Å². The second-order valence-corrected chi connectivity index (χ2v) is 3.45. The average molecular weight is 160 g/mol. The van der Waals surface area contributed by atoms with Crippen LogP contribution in [0.25, 0.3) is 0 Å². The SMILES string of the molecule is ClC1(c2n[c]sn2)CC1. The molecule has 1 aliphatic carbocycles. The summed E-state index contributed by atoms with van der Waals surface area (Å²) < 4.78 is 3.99. The van der Waals surface area contributed by atoms with Crippen molar-refractivity contribution in [3.8, 4) is 0 Å². The highest BCUT2D eigenvalue weighted by Crippen LogP contribution is 2.50. The van der Waals surface area contributed by atoms with Crippen molar-refractivity contribution in [3.05, 3.63) is 11.3 Å². The van der Waals surface area contributed by atoms with E-state index in [1.165, 1.54) is 11.5 Å². The van der Waals surface area contributed by atoms with Crippen LogP contribution in [0, 0.1) is 5.51 Å². The molecule has 1 aliphatic rings. The first kappa shape index (κ1) is 5.62. The van der Waals surface area contributed by atoms with E-state index < -0.39 is 0 Å². The van der Waals surface area contributed by atoms with Gasteiger partial charge in [-0.05, 0) is 24.4 Å². The average Bonchev–Trinajstić information content (AvgIpc) is 2.46. The van der Waals surface area contributed by atoms with Crippen LogP contribution in [0.5, 0.6) is 0 Å². The van der Waals surface area contributed by atoms with Crippen LogP contribution >= 0.6 is 23.1 Å². The monoisotopic (exact) mass is 159 g/mol. The topological polar surface area (TPSA) is 25.8 Å². The molecule has 0 spiro atoms. The molecule has 0 aromatic carbocycles. The van der Waals surface area contributed by atoms with Crippen molar-refractivity contribution >= 4 is 23.1 Å².